The van der Waals surface area contributed by atoms with Crippen molar-refractivity contribution in [3.05, 3.63) is 15.9 Å². The van der Waals surface area contributed by atoms with Crippen molar-refractivity contribution in [2.24, 2.45) is 7.05 Å². The van der Waals surface area contributed by atoms with E-state index >= 15 is 0 Å². The van der Waals surface area contributed by atoms with Gasteiger partial charge in [0.1, 0.15) is 0 Å². The highest BCUT2D eigenvalue weighted by atomic mass is 79.9. The van der Waals surface area contributed by atoms with E-state index in [0.29, 0.717) is 13.0 Å². The summed E-state index contributed by atoms with van der Waals surface area (Å²) >= 11 is 3.57. The average Bonchev–Trinajstić information content (AvgIpc) is 2.75. The summed E-state index contributed by atoms with van der Waals surface area (Å²) in [6.45, 7) is 4.66. The molecule has 0 radical (unpaired) electrons. The Labute approximate surface area is 122 Å². The minimum Gasteiger partial charge on any atom is -0.305 e. The SMILES string of the molecule is CCc1nn(C)c(CNC2(C)CCS(=O)(=O)C2)c1Br. The number of rotatable bonds is 4. The molecular formula is C12H20BrN3O2S. The van der Waals surface area contributed by atoms with Crippen molar-refractivity contribution >= 4 is 25.8 Å². The molecule has 0 bridgehead atoms. The second-order valence-electron chi connectivity index (χ2n) is 5.44. The van der Waals surface area contributed by atoms with Crippen LogP contribution in [0.15, 0.2) is 4.47 Å². The Hall–Kier alpha value is -0.400. The van der Waals surface area contributed by atoms with E-state index in [1.54, 1.807) is 0 Å². The van der Waals surface area contributed by atoms with Crippen LogP contribution in [0.1, 0.15) is 31.7 Å². The van der Waals surface area contributed by atoms with Gasteiger partial charge in [-0.2, -0.15) is 5.10 Å². The van der Waals surface area contributed by atoms with Crippen molar-refractivity contribution in [2.45, 2.75) is 38.8 Å². The Morgan fingerprint density at radius 1 is 1.53 bits per heavy atom. The zero-order valence-electron chi connectivity index (χ0n) is 11.5. The van der Waals surface area contributed by atoms with Crippen molar-refractivity contribution in [3.8, 4) is 0 Å². The standard InChI is InChI=1S/C12H20BrN3O2S/c1-4-9-11(13)10(16(3)15-9)7-14-12(2)5-6-19(17,18)8-12/h14H,4-8H2,1-3H3. The molecule has 1 aliphatic heterocycles. The molecule has 19 heavy (non-hydrogen) atoms. The fourth-order valence-electron chi connectivity index (χ4n) is 2.46. The quantitative estimate of drug-likeness (QED) is 0.892. The highest BCUT2D eigenvalue weighted by Crippen LogP contribution is 2.25. The number of nitrogens with one attached hydrogen (secondary N) is 1. The second kappa shape index (κ2) is 5.18. The molecule has 1 N–H and O–H groups in total. The van der Waals surface area contributed by atoms with E-state index in [0.717, 1.165) is 22.3 Å². The molecule has 1 saturated heterocycles. The van der Waals surface area contributed by atoms with E-state index in [-0.39, 0.29) is 17.0 Å². The second-order valence-corrected chi connectivity index (χ2v) is 8.42. The molecule has 1 unspecified atom stereocenters. The largest absolute Gasteiger partial charge is 0.305 e. The van der Waals surface area contributed by atoms with Gasteiger partial charge in [0.15, 0.2) is 9.84 Å². The van der Waals surface area contributed by atoms with Gasteiger partial charge in [0.2, 0.25) is 0 Å². The summed E-state index contributed by atoms with van der Waals surface area (Å²) in [6.07, 6.45) is 1.55. The van der Waals surface area contributed by atoms with Gasteiger partial charge in [0, 0.05) is 19.1 Å². The molecule has 0 amide bonds. The molecule has 1 fully saturated rings. The lowest BCUT2D eigenvalue weighted by molar-refractivity contribution is 0.388. The lowest BCUT2D eigenvalue weighted by Gasteiger charge is -2.24. The lowest BCUT2D eigenvalue weighted by Crippen LogP contribution is -2.43. The fourth-order valence-corrected chi connectivity index (χ4v) is 5.34. The number of aromatic nitrogens is 2. The smallest absolute Gasteiger partial charge is 0.152 e. The van der Waals surface area contributed by atoms with Gasteiger partial charge in [0.25, 0.3) is 0 Å². The third-order valence-electron chi connectivity index (χ3n) is 3.69. The first-order valence-electron chi connectivity index (χ1n) is 6.42. The van der Waals surface area contributed by atoms with E-state index in [2.05, 4.69) is 33.3 Å². The van der Waals surface area contributed by atoms with Gasteiger partial charge in [0.05, 0.1) is 27.4 Å². The van der Waals surface area contributed by atoms with Crippen LogP contribution in [0.25, 0.3) is 0 Å². The average molecular weight is 350 g/mol. The molecular weight excluding hydrogens is 330 g/mol. The monoisotopic (exact) mass is 349 g/mol. The third kappa shape index (κ3) is 3.20. The predicted octanol–water partition coefficient (Wildman–Crippen LogP) is 1.41. The minimum atomic E-state index is -2.87. The topological polar surface area (TPSA) is 64.0 Å². The Balaban J connectivity index is 2.10. The Kier molecular flexibility index (Phi) is 4.09. The summed E-state index contributed by atoms with van der Waals surface area (Å²) in [4.78, 5) is 0. The molecule has 1 aliphatic rings. The van der Waals surface area contributed by atoms with Gasteiger partial charge >= 0.3 is 0 Å². The zero-order chi connectivity index (χ0) is 14.3. The molecule has 0 spiro atoms. The van der Waals surface area contributed by atoms with Gasteiger partial charge in [-0.1, -0.05) is 6.92 Å². The van der Waals surface area contributed by atoms with Gasteiger partial charge < -0.3 is 5.32 Å². The van der Waals surface area contributed by atoms with Gasteiger partial charge in [-0.05, 0) is 35.7 Å². The van der Waals surface area contributed by atoms with Crippen LogP contribution in [0, 0.1) is 0 Å². The third-order valence-corrected chi connectivity index (χ3v) is 6.51. The molecule has 2 rings (SSSR count). The normalized spacial score (nSPS) is 25.9. The van der Waals surface area contributed by atoms with Crippen LogP contribution in [-0.4, -0.2) is 35.2 Å². The molecule has 1 aromatic rings. The van der Waals surface area contributed by atoms with Crippen LogP contribution in [0.5, 0.6) is 0 Å². The molecule has 0 aromatic carbocycles. The number of hydrogen-bond donors (Lipinski definition) is 1. The summed E-state index contributed by atoms with van der Waals surface area (Å²) in [5.41, 5.74) is 1.76. The van der Waals surface area contributed by atoms with Gasteiger partial charge in [-0.25, -0.2) is 8.42 Å². The van der Waals surface area contributed by atoms with Crippen molar-refractivity contribution in [3.63, 3.8) is 0 Å². The zero-order valence-corrected chi connectivity index (χ0v) is 13.9. The minimum absolute atomic E-state index is 0.218. The highest BCUT2D eigenvalue weighted by molar-refractivity contribution is 9.10. The van der Waals surface area contributed by atoms with Crippen molar-refractivity contribution < 1.29 is 8.42 Å². The molecule has 5 nitrogen and oxygen atoms in total. The molecule has 0 aliphatic carbocycles. The fraction of sp³-hybridized carbons (Fsp3) is 0.750. The molecule has 1 aromatic heterocycles. The van der Waals surface area contributed by atoms with Crippen LogP contribution in [0.2, 0.25) is 0 Å². The van der Waals surface area contributed by atoms with E-state index in [1.807, 2.05) is 18.7 Å². The maximum Gasteiger partial charge on any atom is 0.152 e. The van der Waals surface area contributed by atoms with E-state index < -0.39 is 9.84 Å². The van der Waals surface area contributed by atoms with Crippen molar-refractivity contribution in [1.29, 1.82) is 0 Å². The number of nitrogens with zero attached hydrogens (tertiary/aromatic N) is 2. The van der Waals surface area contributed by atoms with Gasteiger partial charge in [-0.15, -0.1) is 0 Å². The van der Waals surface area contributed by atoms with Crippen LogP contribution in [0.4, 0.5) is 0 Å². The molecule has 1 atom stereocenters. The molecule has 108 valence electrons. The van der Waals surface area contributed by atoms with E-state index in [1.165, 1.54) is 0 Å². The first-order valence-corrected chi connectivity index (χ1v) is 9.03. The summed E-state index contributed by atoms with van der Waals surface area (Å²) in [7, 11) is -0.963. The number of hydrogen-bond acceptors (Lipinski definition) is 4. The Morgan fingerprint density at radius 3 is 2.68 bits per heavy atom. The van der Waals surface area contributed by atoms with E-state index in [9.17, 15) is 8.42 Å². The number of halogens is 1. The summed E-state index contributed by atoms with van der Waals surface area (Å²) in [5, 5.41) is 7.82. The predicted molar refractivity (Wildman–Crippen MR) is 78.8 cm³/mol. The molecule has 0 saturated carbocycles. The van der Waals surface area contributed by atoms with Crippen molar-refractivity contribution in [2.75, 3.05) is 11.5 Å². The Bertz CT molecular complexity index is 582. The first kappa shape index (κ1) is 15.0. The molecule has 7 heteroatoms. The molecule has 2 heterocycles. The van der Waals surface area contributed by atoms with Gasteiger partial charge in [-0.3, -0.25) is 4.68 Å². The maximum atomic E-state index is 11.6. The number of aryl methyl sites for hydroxylation is 2. The first-order chi connectivity index (χ1) is 8.76. The van der Waals surface area contributed by atoms with Crippen LogP contribution in [-0.2, 0) is 29.9 Å². The lowest BCUT2D eigenvalue weighted by atomic mass is 10.0. The van der Waals surface area contributed by atoms with Crippen LogP contribution >= 0.6 is 15.9 Å². The van der Waals surface area contributed by atoms with Crippen LogP contribution < -0.4 is 5.32 Å². The summed E-state index contributed by atoms with van der Waals surface area (Å²) in [5.74, 6) is 0.499. The van der Waals surface area contributed by atoms with Crippen molar-refractivity contribution in [1.82, 2.24) is 15.1 Å². The van der Waals surface area contributed by atoms with E-state index in [4.69, 9.17) is 0 Å². The summed E-state index contributed by atoms with van der Waals surface area (Å²) < 4.78 is 26.0. The highest BCUT2D eigenvalue weighted by Gasteiger charge is 2.38. The maximum absolute atomic E-state index is 11.6. The summed E-state index contributed by atoms with van der Waals surface area (Å²) in [6, 6.07) is 0. The Morgan fingerprint density at radius 2 is 2.21 bits per heavy atom. The number of sulfone groups is 1. The van der Waals surface area contributed by atoms with Crippen LogP contribution in [0.3, 0.4) is 0 Å².